The minimum atomic E-state index is -1.71. The summed E-state index contributed by atoms with van der Waals surface area (Å²) in [6, 6.07) is 8.85. The van der Waals surface area contributed by atoms with Crippen molar-refractivity contribution in [3.63, 3.8) is 0 Å². The van der Waals surface area contributed by atoms with Gasteiger partial charge in [0, 0.05) is 6.42 Å². The van der Waals surface area contributed by atoms with Crippen LogP contribution in [0.15, 0.2) is 30.3 Å². The van der Waals surface area contributed by atoms with Crippen molar-refractivity contribution in [2.75, 3.05) is 101 Å². The Morgan fingerprint density at radius 2 is 1.09 bits per heavy atom. The van der Waals surface area contributed by atoms with Crippen molar-refractivity contribution in [2.45, 2.75) is 87.7 Å². The molecule has 376 valence electrons. The Balaban J connectivity index is 0.00000163. The molecule has 1 fully saturated rings. The molecule has 0 aliphatic carbocycles. The number of ketones is 2. The van der Waals surface area contributed by atoms with Gasteiger partial charge < -0.3 is 57.5 Å². The van der Waals surface area contributed by atoms with Gasteiger partial charge in [0.1, 0.15) is 75.3 Å². The second-order valence-corrected chi connectivity index (χ2v) is 17.5. The zero-order chi connectivity index (χ0) is 50.6. The summed E-state index contributed by atoms with van der Waals surface area (Å²) in [6.07, 6.45) is 0.0571. The number of hydrogen-bond acceptors (Lipinski definition) is 20. The lowest BCUT2D eigenvalue weighted by Crippen LogP contribution is -2.42. The molecule has 66 heavy (non-hydrogen) atoms. The largest absolute Gasteiger partial charge is 0.508 e. The van der Waals surface area contributed by atoms with E-state index in [0.717, 1.165) is 0 Å². The fourth-order valence-electron chi connectivity index (χ4n) is 4.83. The van der Waals surface area contributed by atoms with E-state index in [0.29, 0.717) is 12.0 Å². The van der Waals surface area contributed by atoms with Crippen molar-refractivity contribution in [3.05, 3.63) is 35.9 Å². The fraction of sp³-hybridized carbons (Fsp3) is 0.696. The molecule has 3 atom stereocenters. The molecule has 1 heterocycles. The molecule has 3 unspecified atom stereocenters. The van der Waals surface area contributed by atoms with Crippen LogP contribution in [0.2, 0.25) is 0 Å². The lowest BCUT2D eigenvalue weighted by atomic mass is 9.88. The molecular formula is C46H74N2O18. The van der Waals surface area contributed by atoms with Gasteiger partial charge in [-0.15, -0.1) is 0 Å². The van der Waals surface area contributed by atoms with E-state index in [2.05, 4.69) is 47.5 Å². The number of esters is 3. The van der Waals surface area contributed by atoms with Crippen LogP contribution in [-0.4, -0.2) is 164 Å². The van der Waals surface area contributed by atoms with Gasteiger partial charge in [-0.2, -0.15) is 0 Å². The van der Waals surface area contributed by atoms with E-state index in [1.807, 2.05) is 0 Å². The molecule has 1 aromatic rings. The highest BCUT2D eigenvalue weighted by Gasteiger charge is 2.42. The highest BCUT2D eigenvalue weighted by atomic mass is 16.7. The SMILES string of the molecule is CC(=O)C1(C)COC(=O)OC1.CCCC(=O)OCC(C)(COC(=O)OCC(C)(COC(=O)OCC(C)(CO)C(C)=O)C(=O)OCC)C(=O)OCc1ccccc1.CN(C)CCCCN(C)C. The summed E-state index contributed by atoms with van der Waals surface area (Å²) < 4.78 is 45.0. The Labute approximate surface area is 389 Å². The van der Waals surface area contributed by atoms with E-state index < -0.39 is 103 Å². The highest BCUT2D eigenvalue weighted by molar-refractivity contribution is 5.83. The lowest BCUT2D eigenvalue weighted by Gasteiger charge is -2.29. The van der Waals surface area contributed by atoms with E-state index in [1.54, 1.807) is 51.1 Å². The molecule has 20 heteroatoms. The zero-order valence-electron chi connectivity index (χ0n) is 41.0. The van der Waals surface area contributed by atoms with Crippen LogP contribution in [-0.2, 0) is 73.2 Å². The molecule has 0 amide bonds. The van der Waals surface area contributed by atoms with E-state index in [1.165, 1.54) is 60.5 Å². The molecule has 1 N–H and O–H groups in total. The molecule has 0 spiro atoms. The summed E-state index contributed by atoms with van der Waals surface area (Å²) in [5.74, 6) is -2.65. The number of carbonyl (C=O) groups is 8. The smallest absolute Gasteiger partial charge is 0.465 e. The first kappa shape index (κ1) is 60.7. The van der Waals surface area contributed by atoms with Crippen LogP contribution in [0.25, 0.3) is 0 Å². The Morgan fingerprint density at radius 3 is 1.47 bits per heavy atom. The Morgan fingerprint density at radius 1 is 0.667 bits per heavy atom. The average molecular weight is 943 g/mol. The molecule has 20 nitrogen and oxygen atoms in total. The first-order valence-electron chi connectivity index (χ1n) is 21.7. The zero-order valence-corrected chi connectivity index (χ0v) is 41.0. The summed E-state index contributed by atoms with van der Waals surface area (Å²) in [7, 11) is 8.48. The Bertz CT molecular complexity index is 1670. The predicted molar refractivity (Wildman–Crippen MR) is 238 cm³/mol. The Kier molecular flexibility index (Phi) is 28.3. The molecule has 1 aliphatic heterocycles. The normalized spacial score (nSPS) is 15.4. The van der Waals surface area contributed by atoms with Gasteiger partial charge in [0.2, 0.25) is 0 Å². The number of aliphatic hydroxyl groups excluding tert-OH is 1. The van der Waals surface area contributed by atoms with Gasteiger partial charge in [-0.3, -0.25) is 24.0 Å². The van der Waals surface area contributed by atoms with Crippen LogP contribution in [0, 0.1) is 21.7 Å². The number of benzene rings is 1. The molecule has 1 saturated heterocycles. The topological polar surface area (TPSA) is 246 Å². The predicted octanol–water partition coefficient (Wildman–Crippen LogP) is 5.18. The third-order valence-electron chi connectivity index (χ3n) is 10.0. The van der Waals surface area contributed by atoms with E-state index in [4.69, 9.17) is 33.2 Å². The van der Waals surface area contributed by atoms with Crippen LogP contribution in [0.3, 0.4) is 0 Å². The summed E-state index contributed by atoms with van der Waals surface area (Å²) in [4.78, 5) is 99.9. The third kappa shape index (κ3) is 24.3. The molecule has 1 aromatic carbocycles. The number of nitrogens with zero attached hydrogens (tertiary/aromatic N) is 2. The second kappa shape index (κ2) is 30.8. The van der Waals surface area contributed by atoms with E-state index in [-0.39, 0.29) is 38.6 Å². The number of hydrogen-bond donors (Lipinski definition) is 1. The molecule has 0 radical (unpaired) electrons. The van der Waals surface area contributed by atoms with Gasteiger partial charge in [-0.25, -0.2) is 14.4 Å². The minimum absolute atomic E-state index is 0.0231. The minimum Gasteiger partial charge on any atom is -0.465 e. The van der Waals surface area contributed by atoms with Crippen LogP contribution < -0.4 is 0 Å². The van der Waals surface area contributed by atoms with Gasteiger partial charge in [-0.05, 0) is 115 Å². The number of Topliss-reactive ketones (excluding diaryl/α,β-unsaturated/α-hetero) is 2. The van der Waals surface area contributed by atoms with Crippen molar-refractivity contribution in [1.29, 1.82) is 0 Å². The Hall–Kier alpha value is -5.34. The van der Waals surface area contributed by atoms with Crippen LogP contribution >= 0.6 is 0 Å². The maximum Gasteiger partial charge on any atom is 0.508 e. The number of cyclic esters (lactones) is 2. The second-order valence-electron chi connectivity index (χ2n) is 17.5. The third-order valence-corrected chi connectivity index (χ3v) is 10.0. The fourth-order valence-corrected chi connectivity index (χ4v) is 4.83. The van der Waals surface area contributed by atoms with Gasteiger partial charge in [0.05, 0.1) is 24.0 Å². The standard InChI is InChI=1S/C31H44O14.C8H20N2.C7H10O4/c1-7-12-24(34)41-18-30(5,26(36)40-15-23-13-10-9-11-14-23)19-43-28(38)45-21-31(6,25(35)39-8-2)20-44-27(37)42-17-29(4,16-32)22(3)33;1-9(2)7-5-6-8-10(3)4;1-5(8)7(2)3-10-6(9)11-4-7/h9-11,13-14,32H,7-8,12,15-21H2,1-6H3;5-8H2,1-4H3;3-4H2,1-2H3. The van der Waals surface area contributed by atoms with E-state index in [9.17, 15) is 43.5 Å². The summed E-state index contributed by atoms with van der Waals surface area (Å²) in [5.41, 5.74) is -4.58. The monoisotopic (exact) mass is 942 g/mol. The number of rotatable bonds is 25. The first-order chi connectivity index (χ1) is 30.8. The van der Waals surface area contributed by atoms with Crippen molar-refractivity contribution in [3.8, 4) is 0 Å². The lowest BCUT2D eigenvalue weighted by molar-refractivity contribution is -0.167. The van der Waals surface area contributed by atoms with Crippen LogP contribution in [0.1, 0.15) is 86.6 Å². The van der Waals surface area contributed by atoms with Crippen LogP contribution in [0.5, 0.6) is 0 Å². The van der Waals surface area contributed by atoms with Crippen molar-refractivity contribution < 1.29 is 86.1 Å². The average Bonchev–Trinajstić information content (AvgIpc) is 3.27. The molecule has 2 rings (SSSR count). The molecule has 0 saturated carbocycles. The van der Waals surface area contributed by atoms with Crippen molar-refractivity contribution in [2.24, 2.45) is 21.7 Å². The number of carbonyl (C=O) groups excluding carboxylic acids is 8. The maximum absolute atomic E-state index is 13.0. The summed E-state index contributed by atoms with van der Waals surface area (Å²) in [6.45, 7) is 11.0. The van der Waals surface area contributed by atoms with Crippen molar-refractivity contribution >= 4 is 47.9 Å². The summed E-state index contributed by atoms with van der Waals surface area (Å²) >= 11 is 0. The number of aliphatic hydroxyl groups is 1. The molecule has 0 bridgehead atoms. The highest BCUT2D eigenvalue weighted by Crippen LogP contribution is 2.25. The van der Waals surface area contributed by atoms with Gasteiger partial charge in [0.25, 0.3) is 0 Å². The summed E-state index contributed by atoms with van der Waals surface area (Å²) in [5, 5.41) is 9.43. The number of unbranched alkanes of at least 4 members (excludes halogenated alkanes) is 1. The quantitative estimate of drug-likeness (QED) is 0.0753. The first-order valence-corrected chi connectivity index (χ1v) is 21.7. The number of ether oxygens (including phenoxy) is 9. The molecule has 1 aliphatic rings. The van der Waals surface area contributed by atoms with E-state index >= 15 is 0 Å². The van der Waals surface area contributed by atoms with Crippen molar-refractivity contribution in [1.82, 2.24) is 9.80 Å². The molecular weight excluding hydrogens is 869 g/mol. The van der Waals surface area contributed by atoms with Gasteiger partial charge in [-0.1, -0.05) is 37.3 Å². The maximum atomic E-state index is 13.0. The van der Waals surface area contributed by atoms with Gasteiger partial charge in [0.15, 0.2) is 0 Å². The molecule has 0 aromatic heterocycles. The van der Waals surface area contributed by atoms with Gasteiger partial charge >= 0.3 is 36.4 Å². The van der Waals surface area contributed by atoms with Crippen LogP contribution in [0.4, 0.5) is 14.4 Å².